The number of nitro benzene ring substituents is 1. The van der Waals surface area contributed by atoms with Crippen LogP contribution in [0.2, 0.25) is 0 Å². The van der Waals surface area contributed by atoms with E-state index in [0.717, 1.165) is 11.1 Å². The van der Waals surface area contributed by atoms with E-state index in [4.69, 9.17) is 9.26 Å². The summed E-state index contributed by atoms with van der Waals surface area (Å²) in [5.41, 5.74) is 2.52. The number of benzene rings is 3. The van der Waals surface area contributed by atoms with E-state index in [1.165, 1.54) is 24.5 Å². The summed E-state index contributed by atoms with van der Waals surface area (Å²) in [6.45, 7) is 0. The van der Waals surface area contributed by atoms with Crippen molar-refractivity contribution in [2.75, 3.05) is 0 Å². The lowest BCUT2D eigenvalue weighted by atomic mass is 10.0. The lowest BCUT2D eigenvalue weighted by Gasteiger charge is -2.20. The monoisotopic (exact) mass is 466 g/mol. The highest BCUT2D eigenvalue weighted by Crippen LogP contribution is 2.34. The van der Waals surface area contributed by atoms with Gasteiger partial charge in [0.15, 0.2) is 12.4 Å². The molecule has 3 aromatic carbocycles. The minimum Gasteiger partial charge on any atom is -0.619 e. The fourth-order valence-electron chi connectivity index (χ4n) is 3.62. The van der Waals surface area contributed by atoms with Crippen molar-refractivity contribution in [2.45, 2.75) is 6.10 Å². The Morgan fingerprint density at radius 2 is 1.49 bits per heavy atom. The molecule has 0 bridgehead atoms. The van der Waals surface area contributed by atoms with Crippen LogP contribution in [-0.2, 0) is 0 Å². The molecule has 0 spiro atoms. The van der Waals surface area contributed by atoms with Crippen molar-refractivity contribution in [3.63, 3.8) is 0 Å². The number of pyridine rings is 1. The number of aromatic nitrogens is 3. The van der Waals surface area contributed by atoms with Crippen LogP contribution in [0.25, 0.3) is 22.8 Å². The van der Waals surface area contributed by atoms with Crippen molar-refractivity contribution >= 4 is 5.69 Å². The molecule has 0 saturated carbocycles. The van der Waals surface area contributed by atoms with Gasteiger partial charge in [-0.15, -0.1) is 0 Å². The third kappa shape index (κ3) is 4.83. The van der Waals surface area contributed by atoms with Crippen molar-refractivity contribution in [3.8, 4) is 28.6 Å². The molecule has 172 valence electrons. The molecular weight excluding hydrogens is 448 g/mol. The molecule has 9 nitrogen and oxygen atoms in total. The summed E-state index contributed by atoms with van der Waals surface area (Å²) in [5, 5.41) is 26.9. The van der Waals surface area contributed by atoms with E-state index in [2.05, 4.69) is 10.1 Å². The largest absolute Gasteiger partial charge is 0.619 e. The first-order valence-electron chi connectivity index (χ1n) is 10.7. The van der Waals surface area contributed by atoms with Gasteiger partial charge in [-0.05, 0) is 17.2 Å². The van der Waals surface area contributed by atoms with Gasteiger partial charge < -0.3 is 14.5 Å². The summed E-state index contributed by atoms with van der Waals surface area (Å²) in [6.07, 6.45) is 2.14. The van der Waals surface area contributed by atoms with Crippen LogP contribution in [0.3, 0.4) is 0 Å². The Labute approximate surface area is 199 Å². The van der Waals surface area contributed by atoms with Gasteiger partial charge in [-0.1, -0.05) is 65.8 Å². The molecule has 0 aliphatic heterocycles. The summed E-state index contributed by atoms with van der Waals surface area (Å²) >= 11 is 0. The van der Waals surface area contributed by atoms with Crippen LogP contribution >= 0.6 is 0 Å². The second kappa shape index (κ2) is 9.44. The Morgan fingerprint density at radius 1 is 0.857 bits per heavy atom. The lowest BCUT2D eigenvalue weighted by Crippen LogP contribution is -2.23. The zero-order valence-electron chi connectivity index (χ0n) is 18.2. The molecule has 2 heterocycles. The van der Waals surface area contributed by atoms with Gasteiger partial charge in [0.1, 0.15) is 11.9 Å². The van der Waals surface area contributed by atoms with Crippen LogP contribution in [0.15, 0.2) is 108 Å². The quantitative estimate of drug-likeness (QED) is 0.141. The molecule has 0 saturated heterocycles. The zero-order valence-corrected chi connectivity index (χ0v) is 18.2. The van der Waals surface area contributed by atoms with Crippen molar-refractivity contribution < 1.29 is 18.9 Å². The fourth-order valence-corrected chi connectivity index (χ4v) is 3.62. The standard InChI is InChI=1S/C26H18N4O5/c31-29-13-11-20(12-14-29)25-27-26(35-28-25)21-15-22(30(32)33)17-23(16-21)34-24(18-7-3-1-4-8-18)19-9-5-2-6-10-19/h1-17,24H. The maximum absolute atomic E-state index is 11.7. The molecule has 0 radical (unpaired) electrons. The molecule has 0 unspecified atom stereocenters. The number of non-ortho nitro benzene ring substituents is 1. The summed E-state index contributed by atoms with van der Waals surface area (Å²) in [5.74, 6) is 0.614. The van der Waals surface area contributed by atoms with Crippen molar-refractivity contribution in [1.29, 1.82) is 0 Å². The molecule has 5 rings (SSSR count). The Morgan fingerprint density at radius 3 is 2.09 bits per heavy atom. The van der Waals surface area contributed by atoms with E-state index in [-0.39, 0.29) is 23.2 Å². The molecule has 0 fully saturated rings. The van der Waals surface area contributed by atoms with E-state index < -0.39 is 11.0 Å². The van der Waals surface area contributed by atoms with Crippen LogP contribution in [0.1, 0.15) is 17.2 Å². The first kappa shape index (κ1) is 21.8. The number of hydrogen-bond donors (Lipinski definition) is 0. The smallest absolute Gasteiger partial charge is 0.273 e. The topological polar surface area (TPSA) is 118 Å². The van der Waals surface area contributed by atoms with E-state index in [9.17, 15) is 15.3 Å². The molecular formula is C26H18N4O5. The number of hydrogen-bond acceptors (Lipinski definition) is 7. The van der Waals surface area contributed by atoms with E-state index in [0.29, 0.717) is 15.9 Å². The molecule has 0 N–H and O–H groups in total. The normalized spacial score (nSPS) is 10.9. The van der Waals surface area contributed by atoms with Gasteiger partial charge in [0.25, 0.3) is 11.6 Å². The van der Waals surface area contributed by atoms with E-state index in [1.807, 2.05) is 60.7 Å². The summed E-state index contributed by atoms with van der Waals surface area (Å²) < 4.78 is 12.3. The molecule has 0 aliphatic carbocycles. The Balaban J connectivity index is 1.53. The maximum atomic E-state index is 11.7. The molecule has 2 aromatic heterocycles. The Kier molecular flexibility index (Phi) is 5.87. The van der Waals surface area contributed by atoms with Crippen LogP contribution in [0.4, 0.5) is 5.69 Å². The fraction of sp³-hybridized carbons (Fsp3) is 0.0385. The zero-order chi connectivity index (χ0) is 24.2. The second-order valence-corrected chi connectivity index (χ2v) is 7.66. The number of nitro groups is 1. The van der Waals surface area contributed by atoms with Gasteiger partial charge in [0.2, 0.25) is 5.82 Å². The molecule has 0 atom stereocenters. The minimum atomic E-state index is -0.502. The number of ether oxygens (including phenoxy) is 1. The highest BCUT2D eigenvalue weighted by molar-refractivity contribution is 5.64. The lowest BCUT2D eigenvalue weighted by molar-refractivity contribution is -0.605. The van der Waals surface area contributed by atoms with Crippen LogP contribution in [0.5, 0.6) is 5.75 Å². The molecule has 5 aromatic rings. The van der Waals surface area contributed by atoms with Gasteiger partial charge >= 0.3 is 0 Å². The first-order valence-corrected chi connectivity index (χ1v) is 10.7. The number of nitrogens with zero attached hydrogens (tertiary/aromatic N) is 4. The molecule has 0 amide bonds. The molecule has 35 heavy (non-hydrogen) atoms. The molecule has 9 heteroatoms. The predicted octanol–water partition coefficient (Wildman–Crippen LogP) is 5.11. The van der Waals surface area contributed by atoms with Gasteiger partial charge in [-0.2, -0.15) is 9.71 Å². The first-order chi connectivity index (χ1) is 17.1. The molecule has 0 aliphatic rings. The van der Waals surface area contributed by atoms with Gasteiger partial charge in [-0.3, -0.25) is 10.1 Å². The summed E-state index contributed by atoms with van der Waals surface area (Å²) in [6, 6.07) is 26.6. The van der Waals surface area contributed by atoms with Crippen molar-refractivity contribution in [2.24, 2.45) is 0 Å². The third-order valence-electron chi connectivity index (χ3n) is 5.29. The van der Waals surface area contributed by atoms with Crippen molar-refractivity contribution in [1.82, 2.24) is 10.1 Å². The second-order valence-electron chi connectivity index (χ2n) is 7.66. The van der Waals surface area contributed by atoms with Crippen LogP contribution < -0.4 is 9.47 Å². The average molecular weight is 466 g/mol. The van der Waals surface area contributed by atoms with Crippen LogP contribution in [-0.4, -0.2) is 15.1 Å². The third-order valence-corrected chi connectivity index (χ3v) is 5.29. The highest BCUT2D eigenvalue weighted by atomic mass is 16.6. The van der Waals surface area contributed by atoms with Gasteiger partial charge in [-0.25, -0.2) is 0 Å². The Bertz CT molecular complexity index is 1420. The summed E-state index contributed by atoms with van der Waals surface area (Å²) in [4.78, 5) is 15.5. The maximum Gasteiger partial charge on any atom is 0.273 e. The SMILES string of the molecule is O=[N+]([O-])c1cc(OC(c2ccccc2)c2ccccc2)cc(-c2nc(-c3cc[n+]([O-])cc3)no2)c1. The number of rotatable bonds is 7. The predicted molar refractivity (Wildman–Crippen MR) is 126 cm³/mol. The Hall–Kier alpha value is -5.05. The van der Waals surface area contributed by atoms with E-state index in [1.54, 1.807) is 18.2 Å². The van der Waals surface area contributed by atoms with Crippen molar-refractivity contribution in [3.05, 3.63) is 130 Å². The minimum absolute atomic E-state index is 0.0865. The average Bonchev–Trinajstić information content (AvgIpc) is 3.39. The summed E-state index contributed by atoms with van der Waals surface area (Å²) in [7, 11) is 0. The van der Waals surface area contributed by atoms with Gasteiger partial charge in [0, 0.05) is 23.8 Å². The van der Waals surface area contributed by atoms with E-state index >= 15 is 0 Å². The van der Waals surface area contributed by atoms with Gasteiger partial charge in [0.05, 0.1) is 16.6 Å². The van der Waals surface area contributed by atoms with Crippen LogP contribution in [0, 0.1) is 15.3 Å². The highest BCUT2D eigenvalue weighted by Gasteiger charge is 2.21.